The number of anilines is 1. The molecule has 0 bridgehead atoms. The van der Waals surface area contributed by atoms with E-state index in [2.05, 4.69) is 21.1 Å². The molecule has 18 heavy (non-hydrogen) atoms. The van der Waals surface area contributed by atoms with E-state index in [0.717, 1.165) is 57.4 Å². The van der Waals surface area contributed by atoms with Crippen LogP contribution in [0.4, 0.5) is 5.95 Å². The first-order valence-electron chi connectivity index (χ1n) is 6.62. The fraction of sp³-hybridized carbons (Fsp3) is 0.769. The molecule has 5 heteroatoms. The second-order valence-corrected chi connectivity index (χ2v) is 4.22. The second-order valence-electron chi connectivity index (χ2n) is 4.22. The quantitative estimate of drug-likeness (QED) is 0.650. The maximum atomic E-state index is 5.34. The van der Waals surface area contributed by atoms with Gasteiger partial charge in [-0.2, -0.15) is 0 Å². The summed E-state index contributed by atoms with van der Waals surface area (Å²) in [5, 5.41) is 3.34. The maximum Gasteiger partial charge on any atom is 0.203 e. The molecule has 0 saturated heterocycles. The normalized spacial score (nSPS) is 10.8. The van der Waals surface area contributed by atoms with Crippen molar-refractivity contribution in [2.45, 2.75) is 33.2 Å². The van der Waals surface area contributed by atoms with Gasteiger partial charge >= 0.3 is 0 Å². The Balaban J connectivity index is 2.36. The molecule has 0 saturated carbocycles. The van der Waals surface area contributed by atoms with Crippen LogP contribution in [0.25, 0.3) is 0 Å². The van der Waals surface area contributed by atoms with Gasteiger partial charge in [0.05, 0.1) is 5.69 Å². The van der Waals surface area contributed by atoms with Gasteiger partial charge in [-0.15, -0.1) is 0 Å². The minimum absolute atomic E-state index is 0.775. The van der Waals surface area contributed by atoms with Gasteiger partial charge in [0.15, 0.2) is 0 Å². The Hall–Kier alpha value is -1.07. The summed E-state index contributed by atoms with van der Waals surface area (Å²) in [6, 6.07) is 0. The minimum Gasteiger partial charge on any atom is -0.385 e. The van der Waals surface area contributed by atoms with E-state index in [1.807, 2.05) is 13.8 Å². The van der Waals surface area contributed by atoms with E-state index < -0.39 is 0 Å². The number of imidazole rings is 1. The average molecular weight is 255 g/mol. The van der Waals surface area contributed by atoms with E-state index >= 15 is 0 Å². The lowest BCUT2D eigenvalue weighted by Crippen LogP contribution is -2.11. The van der Waals surface area contributed by atoms with Gasteiger partial charge in [-0.25, -0.2) is 4.98 Å². The minimum atomic E-state index is 0.775. The van der Waals surface area contributed by atoms with Crippen molar-refractivity contribution >= 4 is 5.95 Å². The van der Waals surface area contributed by atoms with Gasteiger partial charge in [-0.05, 0) is 26.7 Å². The molecule has 0 aliphatic carbocycles. The predicted octanol–water partition coefficient (Wildman–Crippen LogP) is 2.07. The largest absolute Gasteiger partial charge is 0.385 e. The maximum absolute atomic E-state index is 5.34. The van der Waals surface area contributed by atoms with Crippen molar-refractivity contribution in [2.75, 3.05) is 38.8 Å². The van der Waals surface area contributed by atoms with Gasteiger partial charge in [0.1, 0.15) is 0 Å². The third-order valence-corrected chi connectivity index (χ3v) is 2.60. The standard InChI is InChI=1S/C13H25N3O2/c1-4-18-10-6-8-16-11-12(2)15-13(16)14-7-5-9-17-3/h11H,4-10H2,1-3H3,(H,14,15). The lowest BCUT2D eigenvalue weighted by molar-refractivity contribution is 0.142. The highest BCUT2D eigenvalue weighted by molar-refractivity contribution is 5.28. The third kappa shape index (κ3) is 5.51. The Labute approximate surface area is 109 Å². The van der Waals surface area contributed by atoms with Crippen LogP contribution in [0.15, 0.2) is 6.20 Å². The molecule has 0 fully saturated rings. The zero-order chi connectivity index (χ0) is 13.2. The monoisotopic (exact) mass is 255 g/mol. The van der Waals surface area contributed by atoms with Crippen molar-refractivity contribution in [3.05, 3.63) is 11.9 Å². The van der Waals surface area contributed by atoms with Crippen LogP contribution in [0.3, 0.4) is 0 Å². The smallest absolute Gasteiger partial charge is 0.203 e. The van der Waals surface area contributed by atoms with Gasteiger partial charge in [0.25, 0.3) is 0 Å². The van der Waals surface area contributed by atoms with Gasteiger partial charge < -0.3 is 19.4 Å². The number of ether oxygens (including phenoxy) is 2. The van der Waals surface area contributed by atoms with Crippen molar-refractivity contribution in [2.24, 2.45) is 0 Å². The molecule has 1 heterocycles. The number of aromatic nitrogens is 2. The molecule has 0 aliphatic heterocycles. The zero-order valence-corrected chi connectivity index (χ0v) is 11.7. The summed E-state index contributed by atoms with van der Waals surface area (Å²) >= 11 is 0. The van der Waals surface area contributed by atoms with Gasteiger partial charge in [-0.3, -0.25) is 0 Å². The molecule has 1 aromatic heterocycles. The number of hydrogen-bond acceptors (Lipinski definition) is 4. The Kier molecular flexibility index (Phi) is 7.44. The van der Waals surface area contributed by atoms with Gasteiger partial charge in [0, 0.05) is 46.2 Å². The van der Waals surface area contributed by atoms with Crippen LogP contribution >= 0.6 is 0 Å². The summed E-state index contributed by atoms with van der Waals surface area (Å²) in [6.07, 6.45) is 4.07. The zero-order valence-electron chi connectivity index (χ0n) is 11.7. The summed E-state index contributed by atoms with van der Waals surface area (Å²) < 4.78 is 12.5. The van der Waals surface area contributed by atoms with E-state index in [1.165, 1.54) is 0 Å². The van der Waals surface area contributed by atoms with Crippen LogP contribution in [0.5, 0.6) is 0 Å². The van der Waals surface area contributed by atoms with Crippen LogP contribution in [-0.2, 0) is 16.0 Å². The fourth-order valence-electron chi connectivity index (χ4n) is 1.76. The van der Waals surface area contributed by atoms with Gasteiger partial charge in [0.2, 0.25) is 5.95 Å². The van der Waals surface area contributed by atoms with Crippen molar-refractivity contribution in [3.63, 3.8) is 0 Å². The molecule has 0 atom stereocenters. The summed E-state index contributed by atoms with van der Waals surface area (Å²) in [6.45, 7) is 8.21. The highest BCUT2D eigenvalue weighted by Gasteiger charge is 2.04. The Morgan fingerprint density at radius 1 is 1.33 bits per heavy atom. The molecule has 1 N–H and O–H groups in total. The lowest BCUT2D eigenvalue weighted by Gasteiger charge is -2.09. The summed E-state index contributed by atoms with van der Waals surface area (Å²) in [5.74, 6) is 0.945. The first-order valence-corrected chi connectivity index (χ1v) is 6.62. The Bertz CT molecular complexity index is 297. The molecule has 0 radical (unpaired) electrons. The molecule has 0 amide bonds. The van der Waals surface area contributed by atoms with Gasteiger partial charge in [-0.1, -0.05) is 0 Å². The Morgan fingerprint density at radius 2 is 2.17 bits per heavy atom. The second kappa shape index (κ2) is 8.94. The molecule has 104 valence electrons. The lowest BCUT2D eigenvalue weighted by atomic mass is 10.4. The summed E-state index contributed by atoms with van der Waals surface area (Å²) in [5.41, 5.74) is 1.04. The number of nitrogens with one attached hydrogen (secondary N) is 1. The first kappa shape index (κ1) is 15.0. The van der Waals surface area contributed by atoms with E-state index in [9.17, 15) is 0 Å². The molecule has 1 aromatic rings. The number of nitrogens with zero attached hydrogens (tertiary/aromatic N) is 2. The highest BCUT2D eigenvalue weighted by Crippen LogP contribution is 2.09. The molecular formula is C13H25N3O2. The van der Waals surface area contributed by atoms with Crippen molar-refractivity contribution in [1.29, 1.82) is 0 Å². The molecule has 0 aromatic carbocycles. The van der Waals surface area contributed by atoms with E-state index in [0.29, 0.717) is 0 Å². The van der Waals surface area contributed by atoms with Crippen LogP contribution in [0.2, 0.25) is 0 Å². The number of hydrogen-bond donors (Lipinski definition) is 1. The van der Waals surface area contributed by atoms with Crippen molar-refractivity contribution in [1.82, 2.24) is 9.55 Å². The average Bonchev–Trinajstić information content (AvgIpc) is 2.71. The third-order valence-electron chi connectivity index (χ3n) is 2.60. The van der Waals surface area contributed by atoms with Crippen molar-refractivity contribution in [3.8, 4) is 0 Å². The van der Waals surface area contributed by atoms with Crippen molar-refractivity contribution < 1.29 is 9.47 Å². The summed E-state index contributed by atoms with van der Waals surface area (Å²) in [7, 11) is 1.72. The topological polar surface area (TPSA) is 48.3 Å². The number of rotatable bonds is 10. The van der Waals surface area contributed by atoms with E-state index in [-0.39, 0.29) is 0 Å². The van der Waals surface area contributed by atoms with Crippen LogP contribution in [-0.4, -0.2) is 43.0 Å². The van der Waals surface area contributed by atoms with Crippen LogP contribution < -0.4 is 5.32 Å². The number of methoxy groups -OCH3 is 1. The van der Waals surface area contributed by atoms with E-state index in [1.54, 1.807) is 7.11 Å². The highest BCUT2D eigenvalue weighted by atomic mass is 16.5. The van der Waals surface area contributed by atoms with Crippen LogP contribution in [0.1, 0.15) is 25.5 Å². The molecular weight excluding hydrogens is 230 g/mol. The Morgan fingerprint density at radius 3 is 2.89 bits per heavy atom. The summed E-state index contributed by atoms with van der Waals surface area (Å²) in [4.78, 5) is 4.48. The molecule has 0 spiro atoms. The molecule has 0 unspecified atom stereocenters. The fourth-order valence-corrected chi connectivity index (χ4v) is 1.76. The number of aryl methyl sites for hydroxylation is 2. The SMILES string of the molecule is CCOCCCn1cc(C)nc1NCCCOC. The molecule has 5 nitrogen and oxygen atoms in total. The first-order chi connectivity index (χ1) is 8.77. The predicted molar refractivity (Wildman–Crippen MR) is 73.1 cm³/mol. The van der Waals surface area contributed by atoms with E-state index in [4.69, 9.17) is 9.47 Å². The molecule has 0 aliphatic rings. The van der Waals surface area contributed by atoms with Crippen LogP contribution in [0, 0.1) is 6.92 Å². The molecule has 1 rings (SSSR count).